The molecule has 0 aliphatic carbocycles. The van der Waals surface area contributed by atoms with Crippen LogP contribution in [-0.2, 0) is 14.1 Å². The van der Waals surface area contributed by atoms with E-state index in [0.717, 1.165) is 23.2 Å². The number of fused-ring (bicyclic) bond motifs is 7. The smallest absolute Gasteiger partial charge is 0.187 e. The van der Waals surface area contributed by atoms with Crippen LogP contribution in [0.1, 0.15) is 0 Å². The summed E-state index contributed by atoms with van der Waals surface area (Å²) in [7, 11) is 2.22. The van der Waals surface area contributed by atoms with Crippen molar-refractivity contribution in [3.63, 3.8) is 0 Å². The van der Waals surface area contributed by atoms with E-state index in [0.29, 0.717) is 0 Å². The van der Waals surface area contributed by atoms with Crippen LogP contribution in [0, 0.1) is 80.2 Å². The number of aryl methyl sites for hydroxylation is 2. The molecule has 0 amide bonds. The minimum atomic E-state index is -1.97. The second kappa shape index (κ2) is 7.95. The SMILES string of the molecule is Cn1c(=C(C#N)C#N)nc2c3c(c(F)c(F)c4c3c(F)c(F)c3nc(=C(C#N)C#N)n(C)c34)c(F)c(F)c21. The molecule has 2 aromatic heterocycles. The van der Waals surface area contributed by atoms with Gasteiger partial charge in [-0.25, -0.2) is 36.3 Å². The molecular formula is C24H6F6N8. The van der Waals surface area contributed by atoms with Crippen molar-refractivity contribution in [3.8, 4) is 24.3 Å². The number of aromatic nitrogens is 4. The Morgan fingerprint density at radius 3 is 1.47 bits per heavy atom. The minimum absolute atomic E-state index is 0.492. The van der Waals surface area contributed by atoms with E-state index in [1.165, 1.54) is 24.3 Å². The van der Waals surface area contributed by atoms with Gasteiger partial charge < -0.3 is 9.13 Å². The van der Waals surface area contributed by atoms with Crippen molar-refractivity contribution < 1.29 is 26.3 Å². The van der Waals surface area contributed by atoms with Gasteiger partial charge >= 0.3 is 0 Å². The zero-order valence-corrected chi connectivity index (χ0v) is 18.8. The van der Waals surface area contributed by atoms with Gasteiger partial charge in [-0.2, -0.15) is 21.0 Å². The predicted molar refractivity (Wildman–Crippen MR) is 118 cm³/mol. The lowest BCUT2D eigenvalue weighted by molar-refractivity contribution is 0.498. The molecule has 0 spiro atoms. The Hall–Kier alpha value is -5.60. The Bertz CT molecular complexity index is 2230. The van der Waals surface area contributed by atoms with E-state index in [2.05, 4.69) is 9.97 Å². The maximum atomic E-state index is 15.6. The highest BCUT2D eigenvalue weighted by atomic mass is 19.2. The molecule has 0 N–H and O–H groups in total. The van der Waals surface area contributed by atoms with Crippen LogP contribution in [0.25, 0.3) is 54.8 Å². The molecule has 8 nitrogen and oxygen atoms in total. The van der Waals surface area contributed by atoms with Crippen molar-refractivity contribution in [2.75, 3.05) is 0 Å². The van der Waals surface area contributed by atoms with Gasteiger partial charge in [-0.3, -0.25) is 0 Å². The fourth-order valence-electron chi connectivity index (χ4n) is 4.56. The number of imidazole rings is 2. The number of hydrogen-bond acceptors (Lipinski definition) is 6. The molecule has 0 saturated heterocycles. The standard InChI is InChI=1S/C24H6F6N8/c1-37-21-12-9(13(25)17(29)20(21)36-24(37)8(5-33)6-34)10-11(14(26)16(12)28)15(27)18(30)22-19(10)35-23(38(22)2)7(3-31)4-32/h1-2H3. The van der Waals surface area contributed by atoms with Crippen LogP contribution in [0.3, 0.4) is 0 Å². The van der Waals surface area contributed by atoms with Crippen molar-refractivity contribution in [1.29, 1.82) is 21.0 Å². The molecule has 0 saturated carbocycles. The molecule has 184 valence electrons. The van der Waals surface area contributed by atoms with Crippen LogP contribution in [-0.4, -0.2) is 19.1 Å². The summed E-state index contributed by atoms with van der Waals surface area (Å²) >= 11 is 0. The molecule has 0 bridgehead atoms. The molecule has 0 unspecified atom stereocenters. The summed E-state index contributed by atoms with van der Waals surface area (Å²) < 4.78 is 93.8. The second-order valence-electron chi connectivity index (χ2n) is 7.96. The molecule has 5 rings (SSSR count). The average molecular weight is 520 g/mol. The van der Waals surface area contributed by atoms with Crippen molar-refractivity contribution >= 4 is 54.8 Å². The Morgan fingerprint density at radius 2 is 0.947 bits per heavy atom. The molecule has 2 heterocycles. The van der Waals surface area contributed by atoms with Crippen LogP contribution in [0.15, 0.2) is 0 Å². The molecule has 38 heavy (non-hydrogen) atoms. The van der Waals surface area contributed by atoms with Gasteiger partial charge in [0.1, 0.15) is 40.8 Å². The summed E-state index contributed by atoms with van der Waals surface area (Å²) in [5, 5.41) is 32.6. The minimum Gasteiger partial charge on any atom is -0.325 e. The van der Waals surface area contributed by atoms with Crippen LogP contribution in [0.2, 0.25) is 0 Å². The first-order chi connectivity index (χ1) is 18.0. The van der Waals surface area contributed by atoms with E-state index in [9.17, 15) is 21.0 Å². The Labute approximate surface area is 206 Å². The number of benzene rings is 3. The van der Waals surface area contributed by atoms with Crippen LogP contribution >= 0.6 is 0 Å². The van der Waals surface area contributed by atoms with Crippen LogP contribution < -0.4 is 11.0 Å². The van der Waals surface area contributed by atoms with Crippen LogP contribution in [0.5, 0.6) is 0 Å². The van der Waals surface area contributed by atoms with Gasteiger partial charge in [0.15, 0.2) is 57.0 Å². The van der Waals surface area contributed by atoms with Crippen LogP contribution in [0.4, 0.5) is 26.3 Å². The van der Waals surface area contributed by atoms with E-state index >= 15 is 26.3 Å². The third-order valence-corrected chi connectivity index (χ3v) is 6.18. The van der Waals surface area contributed by atoms with E-state index in [1.807, 2.05) is 0 Å². The van der Waals surface area contributed by atoms with Gasteiger partial charge in [0, 0.05) is 24.9 Å². The molecule has 5 aromatic rings. The first kappa shape index (κ1) is 24.1. The summed E-state index contributed by atoms with van der Waals surface area (Å²) in [4.78, 5) is 7.64. The molecule has 0 radical (unpaired) electrons. The number of halogens is 6. The largest absolute Gasteiger partial charge is 0.325 e. The molecule has 0 atom stereocenters. The van der Waals surface area contributed by atoms with Crippen molar-refractivity contribution in [3.05, 3.63) is 45.9 Å². The Kier molecular flexibility index (Phi) is 5.05. The van der Waals surface area contributed by atoms with Crippen molar-refractivity contribution in [2.24, 2.45) is 14.1 Å². The van der Waals surface area contributed by atoms with Gasteiger partial charge in [0.25, 0.3) is 0 Å². The van der Waals surface area contributed by atoms with Gasteiger partial charge in [-0.05, 0) is 0 Å². The highest BCUT2D eigenvalue weighted by Crippen LogP contribution is 2.42. The van der Waals surface area contributed by atoms with Crippen molar-refractivity contribution in [2.45, 2.75) is 0 Å². The Morgan fingerprint density at radius 1 is 0.526 bits per heavy atom. The van der Waals surface area contributed by atoms with E-state index in [4.69, 9.17) is 0 Å². The fourth-order valence-corrected chi connectivity index (χ4v) is 4.56. The van der Waals surface area contributed by atoms with Gasteiger partial charge in [-0.1, -0.05) is 0 Å². The lowest BCUT2D eigenvalue weighted by atomic mass is 9.97. The molecule has 0 fully saturated rings. The molecule has 0 aliphatic rings. The highest BCUT2D eigenvalue weighted by molar-refractivity contribution is 6.23. The first-order valence-electron chi connectivity index (χ1n) is 10.2. The summed E-state index contributed by atoms with van der Waals surface area (Å²) in [5.41, 5.74) is -5.19. The molecule has 14 heteroatoms. The van der Waals surface area contributed by atoms with Crippen molar-refractivity contribution in [1.82, 2.24) is 19.1 Å². The molecule has 0 aliphatic heterocycles. The Balaban J connectivity index is 2.28. The van der Waals surface area contributed by atoms with E-state index in [-0.39, 0.29) is 0 Å². The van der Waals surface area contributed by atoms with E-state index < -0.39 is 101 Å². The van der Waals surface area contributed by atoms with Gasteiger partial charge in [-0.15, -0.1) is 0 Å². The third kappa shape index (κ3) is 2.71. The number of nitrogens with zero attached hydrogens (tertiary/aromatic N) is 8. The van der Waals surface area contributed by atoms with Gasteiger partial charge in [0.05, 0.1) is 16.3 Å². The first-order valence-corrected chi connectivity index (χ1v) is 10.2. The lowest BCUT2D eigenvalue weighted by Gasteiger charge is -2.13. The monoisotopic (exact) mass is 520 g/mol. The zero-order chi connectivity index (χ0) is 27.8. The maximum absolute atomic E-state index is 15.6. The lowest BCUT2D eigenvalue weighted by Crippen LogP contribution is -2.18. The fraction of sp³-hybridized carbons (Fsp3) is 0.0833. The summed E-state index contributed by atoms with van der Waals surface area (Å²) in [6.45, 7) is 0. The number of hydrogen-bond donors (Lipinski definition) is 0. The zero-order valence-electron chi connectivity index (χ0n) is 18.8. The predicted octanol–water partition coefficient (Wildman–Crippen LogP) is 3.00. The quantitative estimate of drug-likeness (QED) is 0.228. The van der Waals surface area contributed by atoms with E-state index in [1.54, 1.807) is 0 Å². The third-order valence-electron chi connectivity index (χ3n) is 6.18. The molecular weight excluding hydrogens is 514 g/mol. The maximum Gasteiger partial charge on any atom is 0.187 e. The second-order valence-corrected chi connectivity index (χ2v) is 7.96. The number of nitriles is 4. The summed E-state index contributed by atoms with van der Waals surface area (Å²) in [6.07, 6.45) is 0. The number of rotatable bonds is 0. The molecule has 3 aromatic carbocycles. The van der Waals surface area contributed by atoms with Gasteiger partial charge in [0.2, 0.25) is 0 Å². The summed E-state index contributed by atoms with van der Waals surface area (Å²) in [6, 6.07) is 6.03. The topological polar surface area (TPSA) is 131 Å². The average Bonchev–Trinajstić information content (AvgIpc) is 3.42. The summed E-state index contributed by atoms with van der Waals surface area (Å²) in [5.74, 6) is -11.1. The highest BCUT2D eigenvalue weighted by Gasteiger charge is 2.32. The normalized spacial score (nSPS) is 11.1.